The number of thioether (sulfide) groups is 1. The van der Waals surface area contributed by atoms with E-state index in [2.05, 4.69) is 15.2 Å². The van der Waals surface area contributed by atoms with Crippen LogP contribution in [0.15, 0.2) is 82.8 Å². The van der Waals surface area contributed by atoms with Crippen molar-refractivity contribution in [2.75, 3.05) is 38.5 Å². The largest absolute Gasteiger partial charge is 0.325 e. The normalized spacial score (nSPS) is 16.2. The quantitative estimate of drug-likeness (QED) is 0.501. The molecular weight excluding hydrogens is 468 g/mol. The fourth-order valence-electron chi connectivity index (χ4n) is 3.70. The number of nitrogens with one attached hydrogen (secondary N) is 1. The number of benzene rings is 2. The Morgan fingerprint density at radius 3 is 2.32 bits per heavy atom. The summed E-state index contributed by atoms with van der Waals surface area (Å²) in [6, 6.07) is 20.8. The van der Waals surface area contributed by atoms with Crippen LogP contribution in [0.2, 0.25) is 0 Å². The number of aromatic nitrogens is 1. The Kier molecular flexibility index (Phi) is 7.67. The maximum absolute atomic E-state index is 12.9. The van der Waals surface area contributed by atoms with Crippen molar-refractivity contribution in [2.45, 2.75) is 22.1 Å². The summed E-state index contributed by atoms with van der Waals surface area (Å²) in [5.41, 5.74) is 2.72. The summed E-state index contributed by atoms with van der Waals surface area (Å²) < 4.78 is 27.3. The number of para-hydroxylation sites is 1. The van der Waals surface area contributed by atoms with Crippen molar-refractivity contribution in [3.8, 4) is 11.1 Å². The lowest BCUT2D eigenvalue weighted by Gasteiger charge is -2.31. The molecule has 1 aliphatic rings. The Balaban J connectivity index is 1.41. The Morgan fingerprint density at radius 2 is 1.65 bits per heavy atom. The molecule has 1 N–H and O–H groups in total. The topological polar surface area (TPSA) is 82.6 Å². The number of pyridine rings is 1. The predicted octanol–water partition coefficient (Wildman–Crippen LogP) is 3.80. The molecule has 1 fully saturated rings. The Labute approximate surface area is 205 Å². The first-order valence-corrected chi connectivity index (χ1v) is 13.4. The molecule has 1 aromatic heterocycles. The summed E-state index contributed by atoms with van der Waals surface area (Å²) in [5, 5.41) is 3.19. The minimum atomic E-state index is -3.56. The lowest BCUT2D eigenvalue weighted by molar-refractivity contribution is -0.115. The van der Waals surface area contributed by atoms with Crippen molar-refractivity contribution in [1.29, 1.82) is 0 Å². The molecule has 3 aromatic rings. The first-order chi connectivity index (χ1) is 16.3. The van der Waals surface area contributed by atoms with E-state index in [0.29, 0.717) is 31.2 Å². The van der Waals surface area contributed by atoms with Crippen LogP contribution in [0.1, 0.15) is 6.92 Å². The molecule has 2 heterocycles. The molecule has 9 heteroatoms. The van der Waals surface area contributed by atoms with Gasteiger partial charge in [0.25, 0.3) is 0 Å². The van der Waals surface area contributed by atoms with Crippen LogP contribution in [0.4, 0.5) is 5.69 Å². The minimum absolute atomic E-state index is 0.149. The molecule has 4 rings (SSSR count). The number of piperazine rings is 1. The third kappa shape index (κ3) is 5.67. The van der Waals surface area contributed by atoms with Crippen molar-refractivity contribution in [1.82, 2.24) is 14.2 Å². The number of sulfonamides is 1. The summed E-state index contributed by atoms with van der Waals surface area (Å²) >= 11 is 1.29. The molecule has 0 spiro atoms. The number of hydrogen-bond acceptors (Lipinski definition) is 6. The lowest BCUT2D eigenvalue weighted by atomic mass is 10.0. The van der Waals surface area contributed by atoms with E-state index in [1.807, 2.05) is 68.6 Å². The molecule has 0 radical (unpaired) electrons. The van der Waals surface area contributed by atoms with Gasteiger partial charge in [-0.15, -0.1) is 0 Å². The average molecular weight is 497 g/mol. The fraction of sp³-hybridized carbons (Fsp3) is 0.280. The van der Waals surface area contributed by atoms with E-state index in [-0.39, 0.29) is 10.8 Å². The minimum Gasteiger partial charge on any atom is -0.325 e. The molecule has 7 nitrogen and oxygen atoms in total. The monoisotopic (exact) mass is 496 g/mol. The molecule has 0 unspecified atom stereocenters. The van der Waals surface area contributed by atoms with Gasteiger partial charge in [-0.2, -0.15) is 4.31 Å². The van der Waals surface area contributed by atoms with Crippen LogP contribution >= 0.6 is 11.8 Å². The molecule has 34 heavy (non-hydrogen) atoms. The van der Waals surface area contributed by atoms with Crippen molar-refractivity contribution in [3.63, 3.8) is 0 Å². The van der Waals surface area contributed by atoms with Gasteiger partial charge in [0, 0.05) is 43.6 Å². The number of amides is 1. The van der Waals surface area contributed by atoms with Gasteiger partial charge in [0.15, 0.2) is 0 Å². The van der Waals surface area contributed by atoms with Gasteiger partial charge in [0.05, 0.1) is 10.3 Å². The molecule has 1 atom stereocenters. The van der Waals surface area contributed by atoms with Gasteiger partial charge in [0.2, 0.25) is 15.9 Å². The highest BCUT2D eigenvalue weighted by Gasteiger charge is 2.28. The van der Waals surface area contributed by atoms with E-state index in [0.717, 1.165) is 16.8 Å². The van der Waals surface area contributed by atoms with Crippen LogP contribution in [0, 0.1) is 0 Å². The molecule has 2 aromatic carbocycles. The van der Waals surface area contributed by atoms with E-state index in [9.17, 15) is 13.2 Å². The number of likely N-dealkylation sites (N-methyl/N-ethyl adjacent to an activating group) is 1. The van der Waals surface area contributed by atoms with Gasteiger partial charge in [0.1, 0.15) is 4.90 Å². The van der Waals surface area contributed by atoms with E-state index >= 15 is 0 Å². The Bertz CT molecular complexity index is 1230. The summed E-state index contributed by atoms with van der Waals surface area (Å²) in [4.78, 5) is 19.5. The summed E-state index contributed by atoms with van der Waals surface area (Å²) in [7, 11) is -1.58. The summed E-state index contributed by atoms with van der Waals surface area (Å²) in [6.07, 6.45) is 1.38. The summed E-state index contributed by atoms with van der Waals surface area (Å²) in [6.45, 7) is 4.16. The van der Waals surface area contributed by atoms with E-state index in [4.69, 9.17) is 0 Å². The second-order valence-electron chi connectivity index (χ2n) is 8.20. The zero-order chi connectivity index (χ0) is 24.1. The second-order valence-corrected chi connectivity index (χ2v) is 11.5. The van der Waals surface area contributed by atoms with Crippen LogP contribution in [0.3, 0.4) is 0 Å². The zero-order valence-corrected chi connectivity index (χ0v) is 20.8. The predicted molar refractivity (Wildman–Crippen MR) is 136 cm³/mol. The average Bonchev–Trinajstić information content (AvgIpc) is 2.85. The van der Waals surface area contributed by atoms with Crippen LogP contribution in [0.5, 0.6) is 0 Å². The van der Waals surface area contributed by atoms with Crippen LogP contribution in [-0.4, -0.2) is 67.0 Å². The van der Waals surface area contributed by atoms with E-state index in [1.165, 1.54) is 22.3 Å². The Morgan fingerprint density at radius 1 is 0.971 bits per heavy atom. The first-order valence-electron chi connectivity index (χ1n) is 11.1. The molecule has 0 bridgehead atoms. The van der Waals surface area contributed by atoms with Gasteiger partial charge in [-0.05, 0) is 37.7 Å². The Hall–Kier alpha value is -2.72. The van der Waals surface area contributed by atoms with Gasteiger partial charge in [-0.3, -0.25) is 4.79 Å². The third-order valence-electron chi connectivity index (χ3n) is 5.75. The smallest absolute Gasteiger partial charge is 0.244 e. The molecule has 0 aliphatic carbocycles. The lowest BCUT2D eigenvalue weighted by Crippen LogP contribution is -2.47. The van der Waals surface area contributed by atoms with Gasteiger partial charge in [-0.25, -0.2) is 13.4 Å². The number of rotatable bonds is 7. The van der Waals surface area contributed by atoms with Gasteiger partial charge in [-0.1, -0.05) is 60.3 Å². The van der Waals surface area contributed by atoms with Crippen molar-refractivity contribution in [3.05, 3.63) is 72.9 Å². The molecule has 178 valence electrons. The standard InChI is InChI=1S/C25H28N4O3S2/c1-19(25(30)27-23-11-7-6-10-22(23)20-8-4-3-5-9-20)33-24-13-12-21(18-26-24)34(31,32)29-16-14-28(2)15-17-29/h3-13,18-19H,14-17H2,1-2H3,(H,27,30)/t19-/m1/s1. The van der Waals surface area contributed by atoms with Crippen LogP contribution in [0.25, 0.3) is 11.1 Å². The number of carbonyl (C=O) groups is 1. The molecule has 1 amide bonds. The van der Waals surface area contributed by atoms with Crippen molar-refractivity contribution < 1.29 is 13.2 Å². The molecule has 1 aliphatic heterocycles. The number of anilines is 1. The molecule has 1 saturated heterocycles. The van der Waals surface area contributed by atoms with Crippen molar-refractivity contribution in [2.24, 2.45) is 0 Å². The molecular formula is C25H28N4O3S2. The fourth-order valence-corrected chi connectivity index (χ4v) is 5.85. The summed E-state index contributed by atoms with van der Waals surface area (Å²) in [5.74, 6) is -0.149. The maximum Gasteiger partial charge on any atom is 0.244 e. The highest BCUT2D eigenvalue weighted by molar-refractivity contribution is 8.00. The number of nitrogens with zero attached hydrogens (tertiary/aromatic N) is 3. The third-order valence-corrected chi connectivity index (χ3v) is 8.68. The first kappa shape index (κ1) is 24.4. The van der Waals surface area contributed by atoms with Gasteiger partial charge >= 0.3 is 0 Å². The number of carbonyl (C=O) groups excluding carboxylic acids is 1. The highest BCUT2D eigenvalue weighted by Crippen LogP contribution is 2.29. The molecule has 0 saturated carbocycles. The van der Waals surface area contributed by atoms with E-state index in [1.54, 1.807) is 12.1 Å². The van der Waals surface area contributed by atoms with Gasteiger partial charge < -0.3 is 10.2 Å². The van der Waals surface area contributed by atoms with E-state index < -0.39 is 15.3 Å². The highest BCUT2D eigenvalue weighted by atomic mass is 32.2. The second kappa shape index (κ2) is 10.7. The van der Waals surface area contributed by atoms with Crippen LogP contribution < -0.4 is 5.32 Å². The van der Waals surface area contributed by atoms with Crippen LogP contribution in [-0.2, 0) is 14.8 Å². The SMILES string of the molecule is C[C@@H](Sc1ccc(S(=O)(=O)N2CCN(C)CC2)cn1)C(=O)Nc1ccccc1-c1ccccc1. The maximum atomic E-state index is 12.9. The number of hydrogen-bond donors (Lipinski definition) is 1. The van der Waals surface area contributed by atoms with Crippen molar-refractivity contribution >= 4 is 33.4 Å². The zero-order valence-electron chi connectivity index (χ0n) is 19.2.